The lowest BCUT2D eigenvalue weighted by atomic mass is 10.6. The molecule has 12 heavy (non-hydrogen) atoms. The van der Waals surface area contributed by atoms with Gasteiger partial charge in [-0.05, 0) is 11.6 Å². The minimum Gasteiger partial charge on any atom is -0.297 e. The number of aromatic amines is 1. The minimum atomic E-state index is -0.219. The highest BCUT2D eigenvalue weighted by atomic mass is 35.5. The Bertz CT molecular complexity index is 491. The average Bonchev–Trinajstić information content (AvgIpc) is 2.29. The van der Waals surface area contributed by atoms with Crippen LogP contribution in [0.1, 0.15) is 0 Å². The smallest absolute Gasteiger partial charge is 0.297 e. The molecule has 0 saturated heterocycles. The first-order chi connectivity index (χ1) is 5.66. The van der Waals surface area contributed by atoms with Crippen molar-refractivity contribution in [2.45, 2.75) is 0 Å². The van der Waals surface area contributed by atoms with E-state index in [9.17, 15) is 4.79 Å². The van der Waals surface area contributed by atoms with Crippen molar-refractivity contribution in [3.63, 3.8) is 0 Å². The van der Waals surface area contributed by atoms with E-state index in [1.165, 1.54) is 0 Å². The van der Waals surface area contributed by atoms with E-state index in [2.05, 4.69) is 15.0 Å². The molecule has 0 fully saturated rings. The highest BCUT2D eigenvalue weighted by Gasteiger charge is 2.07. The van der Waals surface area contributed by atoms with Gasteiger partial charge in [0, 0.05) is 0 Å². The fraction of sp³-hybridized carbons (Fsp3) is 0. The summed E-state index contributed by atoms with van der Waals surface area (Å²) in [4.78, 5) is 20.6. The van der Waals surface area contributed by atoms with Crippen LogP contribution in [0, 0.1) is 0 Å². The number of fused-ring (bicyclic) bond motifs is 1. The number of thiazole rings is 1. The molecule has 0 aliphatic rings. The van der Waals surface area contributed by atoms with Gasteiger partial charge < -0.3 is 0 Å². The van der Waals surface area contributed by atoms with E-state index < -0.39 is 0 Å². The van der Waals surface area contributed by atoms with E-state index in [4.69, 9.17) is 23.2 Å². The SMILES string of the molecule is O=c1[nH]c2nc(Cl)nc(Cl)c2s1. The zero-order valence-electron chi connectivity index (χ0n) is 5.47. The van der Waals surface area contributed by atoms with Crippen molar-refractivity contribution in [2.24, 2.45) is 0 Å². The van der Waals surface area contributed by atoms with Crippen molar-refractivity contribution in [3.8, 4) is 0 Å². The van der Waals surface area contributed by atoms with Gasteiger partial charge in [0.25, 0.3) is 0 Å². The van der Waals surface area contributed by atoms with Crippen molar-refractivity contribution in [1.82, 2.24) is 15.0 Å². The fourth-order valence-electron chi connectivity index (χ4n) is 0.788. The standard InChI is InChI=1S/C5HCl2N3OS/c6-2-1-3(9-4(7)8-2)10-5(11)12-1/h(H,8,9,10,11). The van der Waals surface area contributed by atoms with Crippen molar-refractivity contribution in [1.29, 1.82) is 0 Å². The van der Waals surface area contributed by atoms with Gasteiger partial charge in [0.2, 0.25) is 5.28 Å². The molecule has 7 heteroatoms. The van der Waals surface area contributed by atoms with E-state index in [0.29, 0.717) is 10.3 Å². The largest absolute Gasteiger partial charge is 0.306 e. The van der Waals surface area contributed by atoms with Crippen LogP contribution in [-0.4, -0.2) is 15.0 Å². The Morgan fingerprint density at radius 1 is 1.33 bits per heavy atom. The van der Waals surface area contributed by atoms with Crippen molar-refractivity contribution in [3.05, 3.63) is 20.1 Å². The van der Waals surface area contributed by atoms with Crippen LogP contribution in [0.3, 0.4) is 0 Å². The summed E-state index contributed by atoms with van der Waals surface area (Å²) < 4.78 is 0.533. The molecule has 0 aromatic carbocycles. The van der Waals surface area contributed by atoms with Crippen molar-refractivity contribution >= 4 is 44.9 Å². The number of hydrogen-bond donors (Lipinski definition) is 1. The number of rotatable bonds is 0. The summed E-state index contributed by atoms with van der Waals surface area (Å²) in [6.07, 6.45) is 0. The van der Waals surface area contributed by atoms with Gasteiger partial charge in [0.1, 0.15) is 4.70 Å². The second-order valence-electron chi connectivity index (χ2n) is 1.98. The summed E-state index contributed by atoms with van der Waals surface area (Å²) in [5.41, 5.74) is 0.384. The highest BCUT2D eigenvalue weighted by Crippen LogP contribution is 2.22. The number of halogens is 2. The van der Waals surface area contributed by atoms with Crippen LogP contribution in [0.2, 0.25) is 10.4 Å². The molecule has 0 aliphatic heterocycles. The van der Waals surface area contributed by atoms with E-state index >= 15 is 0 Å². The Labute approximate surface area is 80.2 Å². The lowest BCUT2D eigenvalue weighted by Crippen LogP contribution is -1.91. The van der Waals surface area contributed by atoms with Crippen molar-refractivity contribution < 1.29 is 0 Å². The van der Waals surface area contributed by atoms with Crippen LogP contribution in [-0.2, 0) is 0 Å². The molecule has 4 nitrogen and oxygen atoms in total. The van der Waals surface area contributed by atoms with Crippen LogP contribution in [0.25, 0.3) is 10.3 Å². The Hall–Kier alpha value is -0.650. The van der Waals surface area contributed by atoms with Crippen molar-refractivity contribution in [2.75, 3.05) is 0 Å². The average molecular weight is 222 g/mol. The van der Waals surface area contributed by atoms with E-state index in [-0.39, 0.29) is 15.3 Å². The van der Waals surface area contributed by atoms with Gasteiger partial charge in [-0.15, -0.1) is 0 Å². The monoisotopic (exact) mass is 221 g/mol. The summed E-state index contributed by atoms with van der Waals surface area (Å²) >= 11 is 12.2. The Balaban J connectivity index is 2.97. The summed E-state index contributed by atoms with van der Waals surface area (Å²) in [5.74, 6) is 0. The Kier molecular flexibility index (Phi) is 1.79. The molecule has 2 rings (SSSR count). The first-order valence-corrected chi connectivity index (χ1v) is 4.46. The zero-order chi connectivity index (χ0) is 8.72. The molecule has 0 bridgehead atoms. The minimum absolute atomic E-state index is 0.0292. The molecule has 0 aliphatic carbocycles. The zero-order valence-corrected chi connectivity index (χ0v) is 7.80. The van der Waals surface area contributed by atoms with Crippen LogP contribution >= 0.6 is 34.5 Å². The summed E-state index contributed by atoms with van der Waals surface area (Å²) in [7, 11) is 0. The fourth-order valence-corrected chi connectivity index (χ4v) is 1.94. The molecule has 0 radical (unpaired) electrons. The predicted octanol–water partition coefficient (Wildman–Crippen LogP) is 1.69. The van der Waals surface area contributed by atoms with E-state index in [1.807, 2.05) is 0 Å². The Morgan fingerprint density at radius 3 is 2.83 bits per heavy atom. The van der Waals surface area contributed by atoms with Gasteiger partial charge in [-0.1, -0.05) is 22.9 Å². The first kappa shape index (κ1) is 7.97. The number of aromatic nitrogens is 3. The van der Waals surface area contributed by atoms with Crippen LogP contribution in [0.4, 0.5) is 0 Å². The topological polar surface area (TPSA) is 58.6 Å². The third-order valence-electron chi connectivity index (χ3n) is 1.21. The second-order valence-corrected chi connectivity index (χ2v) is 3.65. The quantitative estimate of drug-likeness (QED) is 0.545. The normalized spacial score (nSPS) is 10.8. The lowest BCUT2D eigenvalue weighted by molar-refractivity contribution is 1.19. The molecule has 0 spiro atoms. The molecule has 0 amide bonds. The van der Waals surface area contributed by atoms with E-state index in [1.54, 1.807) is 0 Å². The lowest BCUT2D eigenvalue weighted by Gasteiger charge is -1.90. The third-order valence-corrected chi connectivity index (χ3v) is 2.65. The maximum absolute atomic E-state index is 10.8. The number of hydrogen-bond acceptors (Lipinski definition) is 4. The van der Waals surface area contributed by atoms with Crippen LogP contribution < -0.4 is 4.87 Å². The molecule has 2 aromatic heterocycles. The van der Waals surface area contributed by atoms with Crippen LogP contribution in [0.15, 0.2) is 4.79 Å². The number of nitrogens with one attached hydrogen (secondary N) is 1. The number of H-pyrrole nitrogens is 1. The van der Waals surface area contributed by atoms with Gasteiger partial charge in [-0.2, -0.15) is 4.98 Å². The second kappa shape index (κ2) is 2.69. The van der Waals surface area contributed by atoms with Crippen LogP contribution in [0.5, 0.6) is 0 Å². The molecule has 2 heterocycles. The predicted molar refractivity (Wildman–Crippen MR) is 48.1 cm³/mol. The molecule has 1 N–H and O–H groups in total. The molecular formula is C5HCl2N3OS. The molecule has 2 aromatic rings. The molecule has 0 unspecified atom stereocenters. The maximum Gasteiger partial charge on any atom is 0.306 e. The maximum atomic E-state index is 10.8. The summed E-state index contributed by atoms with van der Waals surface area (Å²) in [6.45, 7) is 0. The molecule has 0 atom stereocenters. The summed E-state index contributed by atoms with van der Waals surface area (Å²) in [6, 6.07) is 0. The molecular weight excluding hydrogens is 221 g/mol. The van der Waals surface area contributed by atoms with Gasteiger partial charge >= 0.3 is 4.87 Å². The number of nitrogens with zero attached hydrogens (tertiary/aromatic N) is 2. The van der Waals surface area contributed by atoms with Gasteiger partial charge in [0.05, 0.1) is 0 Å². The van der Waals surface area contributed by atoms with Gasteiger partial charge in [-0.3, -0.25) is 9.78 Å². The molecule has 0 saturated carbocycles. The summed E-state index contributed by atoms with van der Waals surface area (Å²) in [5, 5.41) is 0.231. The van der Waals surface area contributed by atoms with Gasteiger partial charge in [-0.25, -0.2) is 4.98 Å². The molecule has 62 valence electrons. The third kappa shape index (κ3) is 1.20. The van der Waals surface area contributed by atoms with E-state index in [0.717, 1.165) is 11.3 Å². The first-order valence-electron chi connectivity index (χ1n) is 2.88. The Morgan fingerprint density at radius 2 is 2.08 bits per heavy atom. The van der Waals surface area contributed by atoms with Gasteiger partial charge in [0.15, 0.2) is 10.8 Å². The highest BCUT2D eigenvalue weighted by molar-refractivity contribution is 7.17.